The molecule has 134 valence electrons. The van der Waals surface area contributed by atoms with Gasteiger partial charge in [0.25, 0.3) is 5.91 Å². The van der Waals surface area contributed by atoms with Gasteiger partial charge in [0.1, 0.15) is 0 Å². The average Bonchev–Trinajstić information content (AvgIpc) is 3.05. The van der Waals surface area contributed by atoms with E-state index in [4.69, 9.17) is 5.73 Å². The SMILES string of the molecule is C[C@H]1C[C@@H](N)CCN1C(=O)c1ccc(-c2noc(C(F)(F)F)n2)cc1. The van der Waals surface area contributed by atoms with Crippen LogP contribution in [0, 0.1) is 0 Å². The third-order valence-corrected chi connectivity index (χ3v) is 4.24. The zero-order chi connectivity index (χ0) is 18.2. The lowest BCUT2D eigenvalue weighted by Crippen LogP contribution is -2.48. The number of benzene rings is 1. The molecule has 0 radical (unpaired) electrons. The molecule has 1 aromatic heterocycles. The highest BCUT2D eigenvalue weighted by Gasteiger charge is 2.38. The molecule has 2 N–H and O–H groups in total. The minimum Gasteiger partial charge on any atom is -0.336 e. The van der Waals surface area contributed by atoms with Crippen LogP contribution in [0.1, 0.15) is 36.0 Å². The second kappa shape index (κ2) is 6.47. The third kappa shape index (κ3) is 3.65. The molecule has 6 nitrogen and oxygen atoms in total. The summed E-state index contributed by atoms with van der Waals surface area (Å²) in [4.78, 5) is 17.7. The van der Waals surface area contributed by atoms with E-state index >= 15 is 0 Å². The van der Waals surface area contributed by atoms with E-state index in [0.29, 0.717) is 17.7 Å². The monoisotopic (exact) mass is 354 g/mol. The second-order valence-electron chi connectivity index (χ2n) is 6.13. The molecule has 0 spiro atoms. The Kier molecular flexibility index (Phi) is 4.51. The summed E-state index contributed by atoms with van der Waals surface area (Å²) in [6, 6.07) is 6.23. The molecule has 1 aromatic carbocycles. The van der Waals surface area contributed by atoms with Gasteiger partial charge in [-0.3, -0.25) is 4.79 Å². The molecule has 2 heterocycles. The van der Waals surface area contributed by atoms with Crippen LogP contribution in [0.15, 0.2) is 28.8 Å². The van der Waals surface area contributed by atoms with Crippen molar-refractivity contribution >= 4 is 5.91 Å². The number of carbonyl (C=O) groups is 1. The topological polar surface area (TPSA) is 85.2 Å². The number of piperidine rings is 1. The van der Waals surface area contributed by atoms with E-state index in [1.54, 1.807) is 17.0 Å². The summed E-state index contributed by atoms with van der Waals surface area (Å²) in [7, 11) is 0. The van der Waals surface area contributed by atoms with Crippen molar-refractivity contribution in [3.05, 3.63) is 35.7 Å². The zero-order valence-corrected chi connectivity index (χ0v) is 13.5. The van der Waals surface area contributed by atoms with Gasteiger partial charge in [-0.15, -0.1) is 0 Å². The Morgan fingerprint density at radius 3 is 2.56 bits per heavy atom. The van der Waals surface area contributed by atoms with Crippen molar-refractivity contribution < 1.29 is 22.5 Å². The van der Waals surface area contributed by atoms with Gasteiger partial charge in [-0.05, 0) is 31.9 Å². The van der Waals surface area contributed by atoms with Crippen LogP contribution in [0.5, 0.6) is 0 Å². The van der Waals surface area contributed by atoms with Crippen molar-refractivity contribution in [2.24, 2.45) is 5.73 Å². The number of nitrogens with zero attached hydrogens (tertiary/aromatic N) is 3. The van der Waals surface area contributed by atoms with Crippen molar-refractivity contribution in [3.8, 4) is 11.4 Å². The average molecular weight is 354 g/mol. The molecular formula is C16H17F3N4O2. The Morgan fingerprint density at radius 1 is 1.32 bits per heavy atom. The van der Waals surface area contributed by atoms with Gasteiger partial charge < -0.3 is 15.2 Å². The number of amides is 1. The number of hydrogen-bond acceptors (Lipinski definition) is 5. The minimum absolute atomic E-state index is 0.0440. The van der Waals surface area contributed by atoms with E-state index in [-0.39, 0.29) is 23.8 Å². The summed E-state index contributed by atoms with van der Waals surface area (Å²) in [5.41, 5.74) is 6.69. The van der Waals surface area contributed by atoms with E-state index in [1.807, 2.05) is 6.92 Å². The summed E-state index contributed by atoms with van der Waals surface area (Å²) in [5, 5.41) is 3.32. The standard InChI is InChI=1S/C16H17F3N4O2/c1-9-8-12(20)6-7-23(9)14(24)11-4-2-10(3-5-11)13-21-15(25-22-13)16(17,18)19/h2-5,9,12H,6-8,20H2,1H3/t9-,12-/m0/s1. The van der Waals surface area contributed by atoms with E-state index in [2.05, 4.69) is 14.7 Å². The molecule has 1 aliphatic rings. The highest BCUT2D eigenvalue weighted by molar-refractivity contribution is 5.94. The Bertz CT molecular complexity index is 757. The van der Waals surface area contributed by atoms with E-state index in [9.17, 15) is 18.0 Å². The maximum Gasteiger partial charge on any atom is 0.471 e. The maximum atomic E-state index is 12.6. The summed E-state index contributed by atoms with van der Waals surface area (Å²) in [6.45, 7) is 2.53. The summed E-state index contributed by atoms with van der Waals surface area (Å²) < 4.78 is 41.7. The molecule has 0 saturated carbocycles. The van der Waals surface area contributed by atoms with Gasteiger partial charge in [0, 0.05) is 29.8 Å². The first-order valence-electron chi connectivity index (χ1n) is 7.83. The molecular weight excluding hydrogens is 337 g/mol. The molecule has 0 bridgehead atoms. The van der Waals surface area contributed by atoms with Gasteiger partial charge in [-0.25, -0.2) is 0 Å². The molecule has 2 aromatic rings. The Labute approximate surface area is 141 Å². The molecule has 0 unspecified atom stereocenters. The Balaban J connectivity index is 1.76. The maximum absolute atomic E-state index is 12.6. The largest absolute Gasteiger partial charge is 0.471 e. The smallest absolute Gasteiger partial charge is 0.336 e. The Morgan fingerprint density at radius 2 is 2.00 bits per heavy atom. The normalized spacial score (nSPS) is 21.4. The first kappa shape index (κ1) is 17.4. The fourth-order valence-corrected chi connectivity index (χ4v) is 2.89. The number of likely N-dealkylation sites (tertiary alicyclic amines) is 1. The van der Waals surface area contributed by atoms with Gasteiger partial charge in [0.05, 0.1) is 0 Å². The van der Waals surface area contributed by atoms with Crippen LogP contribution >= 0.6 is 0 Å². The predicted octanol–water partition coefficient (Wildman–Crippen LogP) is 2.71. The van der Waals surface area contributed by atoms with Crippen molar-refractivity contribution in [1.29, 1.82) is 0 Å². The summed E-state index contributed by atoms with van der Waals surface area (Å²) in [5.74, 6) is -1.71. The summed E-state index contributed by atoms with van der Waals surface area (Å²) >= 11 is 0. The number of hydrogen-bond donors (Lipinski definition) is 1. The number of rotatable bonds is 2. The second-order valence-corrected chi connectivity index (χ2v) is 6.13. The highest BCUT2D eigenvalue weighted by Crippen LogP contribution is 2.29. The molecule has 1 aliphatic heterocycles. The zero-order valence-electron chi connectivity index (χ0n) is 13.5. The lowest BCUT2D eigenvalue weighted by Gasteiger charge is -2.36. The van der Waals surface area contributed by atoms with Gasteiger partial charge in [-0.1, -0.05) is 17.3 Å². The molecule has 2 atom stereocenters. The summed E-state index contributed by atoms with van der Waals surface area (Å²) in [6.07, 6.45) is -3.20. The first-order chi connectivity index (χ1) is 11.8. The number of nitrogens with two attached hydrogens (primary N) is 1. The van der Waals surface area contributed by atoms with Crippen LogP contribution in [0.2, 0.25) is 0 Å². The Hall–Kier alpha value is -2.42. The third-order valence-electron chi connectivity index (χ3n) is 4.24. The van der Waals surface area contributed by atoms with E-state index < -0.39 is 12.1 Å². The molecule has 1 saturated heterocycles. The van der Waals surface area contributed by atoms with Crippen molar-refractivity contribution in [1.82, 2.24) is 15.0 Å². The first-order valence-corrected chi connectivity index (χ1v) is 7.83. The molecule has 3 rings (SSSR count). The van der Waals surface area contributed by atoms with Crippen LogP contribution in [-0.2, 0) is 6.18 Å². The van der Waals surface area contributed by atoms with Crippen molar-refractivity contribution in [3.63, 3.8) is 0 Å². The fraction of sp³-hybridized carbons (Fsp3) is 0.438. The predicted molar refractivity (Wildman–Crippen MR) is 82.4 cm³/mol. The van der Waals surface area contributed by atoms with Crippen LogP contribution < -0.4 is 5.73 Å². The van der Waals surface area contributed by atoms with Crippen LogP contribution in [0.4, 0.5) is 13.2 Å². The lowest BCUT2D eigenvalue weighted by molar-refractivity contribution is -0.159. The number of carbonyl (C=O) groups excluding carboxylic acids is 1. The van der Waals surface area contributed by atoms with E-state index in [1.165, 1.54) is 12.1 Å². The number of aromatic nitrogens is 2. The number of halogens is 3. The van der Waals surface area contributed by atoms with Crippen molar-refractivity contribution in [2.45, 2.75) is 38.0 Å². The fourth-order valence-electron chi connectivity index (χ4n) is 2.89. The number of alkyl halides is 3. The highest BCUT2D eigenvalue weighted by atomic mass is 19.4. The molecule has 9 heteroatoms. The van der Waals surface area contributed by atoms with E-state index in [0.717, 1.165) is 12.8 Å². The van der Waals surface area contributed by atoms with Gasteiger partial charge in [0.2, 0.25) is 5.82 Å². The molecule has 1 fully saturated rings. The molecule has 1 amide bonds. The van der Waals surface area contributed by atoms with Crippen LogP contribution in [0.25, 0.3) is 11.4 Å². The quantitative estimate of drug-likeness (QED) is 0.896. The molecule has 25 heavy (non-hydrogen) atoms. The van der Waals surface area contributed by atoms with Crippen molar-refractivity contribution in [2.75, 3.05) is 6.54 Å². The van der Waals surface area contributed by atoms with Crippen LogP contribution in [0.3, 0.4) is 0 Å². The van der Waals surface area contributed by atoms with Crippen LogP contribution in [-0.4, -0.2) is 39.6 Å². The van der Waals surface area contributed by atoms with Gasteiger partial charge in [-0.2, -0.15) is 18.2 Å². The lowest BCUT2D eigenvalue weighted by atomic mass is 9.98. The minimum atomic E-state index is -4.69. The van der Waals surface area contributed by atoms with Gasteiger partial charge >= 0.3 is 12.1 Å². The van der Waals surface area contributed by atoms with Gasteiger partial charge in [0.15, 0.2) is 0 Å². The molecule has 0 aliphatic carbocycles.